The Bertz CT molecular complexity index is 1530. The predicted octanol–water partition coefficient (Wildman–Crippen LogP) is -0.677. The molecule has 2 aliphatic rings. The van der Waals surface area contributed by atoms with Gasteiger partial charge in [-0.1, -0.05) is 0 Å². The third kappa shape index (κ3) is 16.6. The Morgan fingerprint density at radius 3 is 1.12 bits per heavy atom. The van der Waals surface area contributed by atoms with Crippen LogP contribution >= 0.6 is 24.4 Å². The van der Waals surface area contributed by atoms with Gasteiger partial charge >= 0.3 is 47.8 Å². The lowest BCUT2D eigenvalue weighted by atomic mass is 9.97. The highest BCUT2D eigenvalue weighted by atomic mass is 32.1. The molecule has 2 heterocycles. The lowest BCUT2D eigenvalue weighted by Gasteiger charge is -2.44. The lowest BCUT2D eigenvalue weighted by Crippen LogP contribution is -2.66. The van der Waals surface area contributed by atoms with Crippen LogP contribution in [-0.4, -0.2) is 145 Å². The predicted molar refractivity (Wildman–Crippen MR) is 192 cm³/mol. The quantitative estimate of drug-likeness (QED) is 0.117. The van der Waals surface area contributed by atoms with Crippen LogP contribution in [0, 0.1) is 0 Å². The van der Waals surface area contributed by atoms with Crippen LogP contribution in [0.1, 0.15) is 62.3 Å². The Labute approximate surface area is 337 Å². The minimum atomic E-state index is -1.48. The van der Waals surface area contributed by atoms with E-state index in [0.717, 1.165) is 55.4 Å². The third-order valence-corrected chi connectivity index (χ3v) is 7.71. The Kier molecular flexibility index (Phi) is 19.2. The zero-order chi connectivity index (χ0) is 43.1. The van der Waals surface area contributed by atoms with E-state index in [-0.39, 0.29) is 17.0 Å². The van der Waals surface area contributed by atoms with Crippen molar-refractivity contribution in [3.8, 4) is 0 Å². The molecule has 2 fully saturated rings. The summed E-state index contributed by atoms with van der Waals surface area (Å²) >= 11 is 10.7. The first-order valence-electron chi connectivity index (χ1n) is 17.1. The van der Waals surface area contributed by atoms with Gasteiger partial charge in [-0.15, -0.1) is 0 Å². The van der Waals surface area contributed by atoms with E-state index < -0.39 is 128 Å². The summed E-state index contributed by atoms with van der Waals surface area (Å²) < 4.78 is 65.6. The second kappa shape index (κ2) is 22.7. The van der Waals surface area contributed by atoms with Crippen molar-refractivity contribution >= 4 is 82.5 Å². The Morgan fingerprint density at radius 2 is 0.789 bits per heavy atom. The zero-order valence-corrected chi connectivity index (χ0v) is 34.1. The molecular weight excluding hydrogens is 808 g/mol. The van der Waals surface area contributed by atoms with Crippen LogP contribution < -0.4 is 10.6 Å². The molecule has 11 atom stereocenters. The summed E-state index contributed by atoms with van der Waals surface area (Å²) in [6.07, 6.45) is -14.9. The van der Waals surface area contributed by atoms with Gasteiger partial charge in [0.1, 0.15) is 38.1 Å². The van der Waals surface area contributed by atoms with Crippen LogP contribution in [-0.2, 0) is 95.2 Å². The molecule has 0 aromatic heterocycles. The molecule has 2 rings (SSSR count). The highest BCUT2D eigenvalue weighted by Gasteiger charge is 2.54. The maximum absolute atomic E-state index is 12.1. The van der Waals surface area contributed by atoms with E-state index in [1.165, 1.54) is 6.92 Å². The van der Waals surface area contributed by atoms with Gasteiger partial charge < -0.3 is 67.5 Å². The van der Waals surface area contributed by atoms with Gasteiger partial charge in [0.15, 0.2) is 49.1 Å². The number of hydrogen-bond acceptors (Lipinski definition) is 22. The third-order valence-electron chi connectivity index (χ3n) is 7.26. The Balaban J connectivity index is 2.23. The number of thiocarbonyl (C=S) groups is 2. The van der Waals surface area contributed by atoms with Crippen LogP contribution in [0.5, 0.6) is 0 Å². The van der Waals surface area contributed by atoms with E-state index in [1.54, 1.807) is 0 Å². The highest BCUT2D eigenvalue weighted by Crippen LogP contribution is 2.30. The Hall–Kier alpha value is -4.94. The van der Waals surface area contributed by atoms with Crippen molar-refractivity contribution in [2.75, 3.05) is 19.8 Å². The number of carbonyl (C=O) groups excluding carboxylic acids is 8. The van der Waals surface area contributed by atoms with Crippen molar-refractivity contribution < 1.29 is 95.2 Å². The van der Waals surface area contributed by atoms with Crippen molar-refractivity contribution in [3.05, 3.63) is 0 Å². The van der Waals surface area contributed by atoms with Gasteiger partial charge in [0.25, 0.3) is 10.3 Å². The molecule has 0 amide bonds. The molecule has 0 bridgehead atoms. The largest absolute Gasteiger partial charge is 0.467 e. The fourth-order valence-electron chi connectivity index (χ4n) is 5.41. The first kappa shape index (κ1) is 48.2. The summed E-state index contributed by atoms with van der Waals surface area (Å²) in [6, 6.07) is 0. The van der Waals surface area contributed by atoms with Crippen molar-refractivity contribution in [1.82, 2.24) is 10.6 Å². The van der Waals surface area contributed by atoms with Gasteiger partial charge in [-0.25, -0.2) is 0 Å². The second-order valence-corrected chi connectivity index (χ2v) is 13.1. The summed E-state index contributed by atoms with van der Waals surface area (Å²) in [4.78, 5) is 95.6. The number of esters is 8. The average molecular weight is 855 g/mol. The van der Waals surface area contributed by atoms with Gasteiger partial charge in [-0.2, -0.15) is 0 Å². The minimum Gasteiger partial charge on any atom is -0.467 e. The molecule has 2 saturated heterocycles. The fourth-order valence-corrected chi connectivity index (χ4v) is 5.87. The molecule has 0 aromatic rings. The summed E-state index contributed by atoms with van der Waals surface area (Å²) in [7, 11) is 0. The number of nitrogens with one attached hydrogen (secondary N) is 2. The molecule has 2 N–H and O–H groups in total. The molecule has 0 aliphatic carbocycles. The molecule has 22 nitrogen and oxygen atoms in total. The van der Waals surface area contributed by atoms with Crippen LogP contribution in [0.15, 0.2) is 0 Å². The molecular formula is C33H46N2O20S2. The molecule has 57 heavy (non-hydrogen) atoms. The SMILES string of the molecule is CC(=O)OC[C@H]1O[C@@H](NC(=S)OCC(C)OC(=S)N[C@@H]2O[C@H](COC(C)=O)[C@@H](OC(C)=O)[C@H](OC(C)=O)[C@H]2OC(C)=O)[C@H](OC(C)=O)[C@@H](OC(C)=O)[C@@H]1OC(C)=O. The van der Waals surface area contributed by atoms with Crippen LogP contribution in [0.3, 0.4) is 0 Å². The van der Waals surface area contributed by atoms with Gasteiger partial charge in [0, 0.05) is 55.4 Å². The number of rotatable bonds is 15. The first-order valence-corrected chi connectivity index (χ1v) is 17.9. The fraction of sp³-hybridized carbons (Fsp3) is 0.697. The van der Waals surface area contributed by atoms with Crippen molar-refractivity contribution in [3.63, 3.8) is 0 Å². The van der Waals surface area contributed by atoms with Crippen molar-refractivity contribution in [2.45, 2.75) is 130 Å². The minimum absolute atomic E-state index is 0.308. The summed E-state index contributed by atoms with van der Waals surface area (Å²) in [5, 5.41) is 4.66. The molecule has 2 aliphatic heterocycles. The van der Waals surface area contributed by atoms with E-state index in [9.17, 15) is 38.4 Å². The van der Waals surface area contributed by atoms with Crippen LogP contribution in [0.2, 0.25) is 0 Å². The van der Waals surface area contributed by atoms with Gasteiger partial charge in [-0.3, -0.25) is 38.4 Å². The first-order chi connectivity index (χ1) is 26.6. The van der Waals surface area contributed by atoms with E-state index in [0.29, 0.717) is 0 Å². The average Bonchev–Trinajstić information content (AvgIpc) is 3.06. The number of ether oxygens (including phenoxy) is 12. The van der Waals surface area contributed by atoms with Crippen LogP contribution in [0.4, 0.5) is 0 Å². The smallest absolute Gasteiger partial charge is 0.303 e. The molecule has 24 heteroatoms. The highest BCUT2D eigenvalue weighted by molar-refractivity contribution is 7.80. The molecule has 0 radical (unpaired) electrons. The van der Waals surface area contributed by atoms with Crippen LogP contribution in [0.25, 0.3) is 0 Å². The van der Waals surface area contributed by atoms with E-state index >= 15 is 0 Å². The maximum atomic E-state index is 12.1. The second-order valence-electron chi connectivity index (χ2n) is 12.3. The van der Waals surface area contributed by atoms with Crippen molar-refractivity contribution in [1.29, 1.82) is 0 Å². The van der Waals surface area contributed by atoms with Gasteiger partial charge in [0.05, 0.1) is 0 Å². The zero-order valence-electron chi connectivity index (χ0n) is 32.5. The molecule has 0 spiro atoms. The Morgan fingerprint density at radius 1 is 0.474 bits per heavy atom. The molecule has 0 aromatic carbocycles. The van der Waals surface area contributed by atoms with Gasteiger partial charge in [-0.05, 0) is 31.4 Å². The van der Waals surface area contributed by atoms with E-state index in [1.807, 2.05) is 0 Å². The molecule has 1 unspecified atom stereocenters. The van der Waals surface area contributed by atoms with E-state index in [4.69, 9.17) is 81.3 Å². The number of hydrogen-bond donors (Lipinski definition) is 2. The maximum Gasteiger partial charge on any atom is 0.303 e. The normalized spacial score (nSPS) is 27.0. The van der Waals surface area contributed by atoms with Gasteiger partial charge in [0.2, 0.25) is 0 Å². The monoisotopic (exact) mass is 854 g/mol. The topological polar surface area (TPSA) is 271 Å². The summed E-state index contributed by atoms with van der Waals surface area (Å²) in [5.74, 6) is -6.36. The standard InChI is InChI=1S/C33H46N2O20S2/c1-13(47-33(57)35-31-29(53-21(9)43)27(51-19(7)41)25(49-17(5)39)23(55-31)12-45-15(3)37)10-46-32(56)34-30-28(52-20(8)42)26(50-18(6)40)24(48-16(4)38)22(54-30)11-44-14(2)36/h13,22-31H,10-12H2,1-9H3,(H,34,56)(H,35,57)/t13?,22-,23-,24-,25-,26+,27+,28-,29-,30-,31-/m1/s1. The molecule has 0 saturated carbocycles. The molecule has 320 valence electrons. The van der Waals surface area contributed by atoms with E-state index in [2.05, 4.69) is 10.6 Å². The summed E-state index contributed by atoms with van der Waals surface area (Å²) in [5.41, 5.74) is 0. The lowest BCUT2D eigenvalue weighted by molar-refractivity contribution is -0.255. The van der Waals surface area contributed by atoms with Crippen molar-refractivity contribution in [2.24, 2.45) is 0 Å². The summed E-state index contributed by atoms with van der Waals surface area (Å²) in [6.45, 7) is 8.95. The number of carbonyl (C=O) groups is 8.